The molecule has 30 heavy (non-hydrogen) atoms. The molecule has 0 saturated heterocycles. The van der Waals surface area contributed by atoms with E-state index in [2.05, 4.69) is 29.8 Å². The van der Waals surface area contributed by atoms with Gasteiger partial charge in [-0.05, 0) is 53.7 Å². The molecule has 0 spiro atoms. The number of rotatable bonds is 5. The van der Waals surface area contributed by atoms with Crippen LogP contribution < -0.4 is 9.47 Å². The molecule has 3 rings (SSSR count). The van der Waals surface area contributed by atoms with Crippen LogP contribution in [0.1, 0.15) is 52.0 Å². The highest BCUT2D eigenvalue weighted by molar-refractivity contribution is 9.10. The van der Waals surface area contributed by atoms with Crippen molar-refractivity contribution in [3.63, 3.8) is 0 Å². The SMILES string of the molecule is CCOC(=O)C1C(C)=NC2=C(C(=O)CC(C)(C)C2)[C@@H]1c1cc(OC)cc(Br)c1OC. The number of carbonyl (C=O) groups excluding carboxylic acids is 2. The molecule has 2 atom stereocenters. The van der Waals surface area contributed by atoms with Gasteiger partial charge in [0.15, 0.2) is 5.78 Å². The Balaban J connectivity index is 2.30. The summed E-state index contributed by atoms with van der Waals surface area (Å²) in [6.45, 7) is 7.97. The maximum absolute atomic E-state index is 13.3. The summed E-state index contributed by atoms with van der Waals surface area (Å²) < 4.78 is 17.2. The summed E-state index contributed by atoms with van der Waals surface area (Å²) in [6.07, 6.45) is 1.07. The standard InChI is InChI=1S/C23H28BrNO5/c1-7-30-22(27)18-12(2)25-16-10-23(3,4)11-17(26)20(16)19(18)14-8-13(28-5)9-15(24)21(14)29-6/h8-9,18-19H,7,10-11H2,1-6H3/t18?,19-/m1/s1. The van der Waals surface area contributed by atoms with Crippen LogP contribution in [0.4, 0.5) is 0 Å². The summed E-state index contributed by atoms with van der Waals surface area (Å²) in [5.74, 6) is -0.476. The normalized spacial score (nSPS) is 22.9. The Hall–Kier alpha value is -2.15. The third kappa shape index (κ3) is 4.04. The van der Waals surface area contributed by atoms with Crippen LogP contribution in [0.2, 0.25) is 0 Å². The minimum Gasteiger partial charge on any atom is -0.497 e. The van der Waals surface area contributed by atoms with Gasteiger partial charge in [0.25, 0.3) is 0 Å². The third-order valence-electron chi connectivity index (χ3n) is 5.66. The van der Waals surface area contributed by atoms with E-state index in [1.54, 1.807) is 27.2 Å². The number of esters is 1. The van der Waals surface area contributed by atoms with Crippen LogP contribution >= 0.6 is 15.9 Å². The number of ketones is 1. The van der Waals surface area contributed by atoms with E-state index in [-0.39, 0.29) is 17.8 Å². The topological polar surface area (TPSA) is 74.2 Å². The molecule has 0 bridgehead atoms. The van der Waals surface area contributed by atoms with Crippen molar-refractivity contribution in [3.8, 4) is 11.5 Å². The molecule has 0 fully saturated rings. The van der Waals surface area contributed by atoms with Crippen molar-refractivity contribution in [3.05, 3.63) is 33.4 Å². The molecule has 1 heterocycles. The number of methoxy groups -OCH3 is 2. The van der Waals surface area contributed by atoms with Gasteiger partial charge in [-0.3, -0.25) is 14.6 Å². The Bertz CT molecular complexity index is 947. The Kier molecular flexibility index (Phi) is 6.41. The number of halogens is 1. The van der Waals surface area contributed by atoms with Crippen LogP contribution in [0.25, 0.3) is 0 Å². The monoisotopic (exact) mass is 477 g/mol. The minimum absolute atomic E-state index is 0.0118. The van der Waals surface area contributed by atoms with E-state index in [1.165, 1.54) is 0 Å². The Morgan fingerprint density at radius 2 is 1.93 bits per heavy atom. The number of allylic oxidation sites excluding steroid dienone is 2. The first-order chi connectivity index (χ1) is 14.1. The van der Waals surface area contributed by atoms with E-state index in [4.69, 9.17) is 19.2 Å². The molecule has 6 nitrogen and oxygen atoms in total. The lowest BCUT2D eigenvalue weighted by Crippen LogP contribution is -2.39. The second-order valence-electron chi connectivity index (χ2n) is 8.49. The molecule has 0 saturated carbocycles. The lowest BCUT2D eigenvalue weighted by molar-refractivity contribution is -0.146. The first-order valence-corrected chi connectivity index (χ1v) is 10.8. The van der Waals surface area contributed by atoms with Crippen molar-refractivity contribution in [2.45, 2.75) is 46.5 Å². The Morgan fingerprint density at radius 1 is 1.23 bits per heavy atom. The maximum Gasteiger partial charge on any atom is 0.315 e. The lowest BCUT2D eigenvalue weighted by atomic mass is 9.66. The van der Waals surface area contributed by atoms with Gasteiger partial charge in [-0.15, -0.1) is 0 Å². The Labute approximate surface area is 185 Å². The van der Waals surface area contributed by atoms with Gasteiger partial charge < -0.3 is 14.2 Å². The molecule has 1 aliphatic heterocycles. The number of ether oxygens (including phenoxy) is 3. The lowest BCUT2D eigenvalue weighted by Gasteiger charge is -2.39. The molecule has 1 aromatic rings. The molecule has 0 amide bonds. The highest BCUT2D eigenvalue weighted by atomic mass is 79.9. The highest BCUT2D eigenvalue weighted by Crippen LogP contribution is 2.51. The second kappa shape index (κ2) is 8.53. The van der Waals surface area contributed by atoms with Gasteiger partial charge in [0.2, 0.25) is 0 Å². The van der Waals surface area contributed by atoms with Crippen LogP contribution in [0, 0.1) is 11.3 Å². The number of carbonyl (C=O) groups is 2. The number of aliphatic imine (C=N–C) groups is 1. The zero-order chi connectivity index (χ0) is 22.2. The molecule has 1 aromatic carbocycles. The van der Waals surface area contributed by atoms with E-state index in [9.17, 15) is 9.59 Å². The molecule has 1 aliphatic carbocycles. The fourth-order valence-corrected chi connectivity index (χ4v) is 5.09. The first-order valence-electron chi connectivity index (χ1n) is 10.0. The Morgan fingerprint density at radius 3 is 2.53 bits per heavy atom. The minimum atomic E-state index is -0.707. The molecule has 0 radical (unpaired) electrons. The fourth-order valence-electron chi connectivity index (χ4n) is 4.47. The van der Waals surface area contributed by atoms with Crippen molar-refractivity contribution in [1.29, 1.82) is 0 Å². The van der Waals surface area contributed by atoms with Crippen LogP contribution in [0.15, 0.2) is 32.9 Å². The predicted molar refractivity (Wildman–Crippen MR) is 118 cm³/mol. The van der Waals surface area contributed by atoms with Gasteiger partial charge in [0.1, 0.15) is 17.4 Å². The van der Waals surface area contributed by atoms with Gasteiger partial charge in [0, 0.05) is 34.9 Å². The zero-order valence-electron chi connectivity index (χ0n) is 18.3. The van der Waals surface area contributed by atoms with Crippen molar-refractivity contribution >= 4 is 33.4 Å². The average Bonchev–Trinajstić information content (AvgIpc) is 2.65. The van der Waals surface area contributed by atoms with Crippen LogP contribution in [0.5, 0.6) is 11.5 Å². The molecule has 162 valence electrons. The van der Waals surface area contributed by atoms with Gasteiger partial charge in [-0.2, -0.15) is 0 Å². The van der Waals surface area contributed by atoms with Crippen LogP contribution in [-0.2, 0) is 14.3 Å². The molecule has 1 unspecified atom stereocenters. The molecule has 7 heteroatoms. The number of benzene rings is 1. The highest BCUT2D eigenvalue weighted by Gasteiger charge is 2.47. The third-order valence-corrected chi connectivity index (χ3v) is 6.25. The van der Waals surface area contributed by atoms with Gasteiger partial charge >= 0.3 is 5.97 Å². The number of Topliss-reactive ketones (excluding diaryl/α,β-unsaturated/α-hetero) is 1. The van der Waals surface area contributed by atoms with Crippen LogP contribution in [-0.4, -0.2) is 38.3 Å². The summed E-state index contributed by atoms with van der Waals surface area (Å²) >= 11 is 3.54. The quantitative estimate of drug-likeness (QED) is 0.566. The number of hydrogen-bond donors (Lipinski definition) is 0. The zero-order valence-corrected chi connectivity index (χ0v) is 19.9. The van der Waals surface area contributed by atoms with E-state index in [1.807, 2.05) is 13.0 Å². The van der Waals surface area contributed by atoms with Crippen molar-refractivity contribution in [2.75, 3.05) is 20.8 Å². The summed E-state index contributed by atoms with van der Waals surface area (Å²) in [5.41, 5.74) is 2.50. The number of hydrogen-bond acceptors (Lipinski definition) is 6. The van der Waals surface area contributed by atoms with E-state index < -0.39 is 17.8 Å². The van der Waals surface area contributed by atoms with E-state index >= 15 is 0 Å². The fraction of sp³-hybridized carbons (Fsp3) is 0.522. The number of nitrogens with zero attached hydrogens (tertiary/aromatic N) is 1. The predicted octanol–water partition coefficient (Wildman–Crippen LogP) is 4.85. The maximum atomic E-state index is 13.3. The van der Waals surface area contributed by atoms with Crippen molar-refractivity contribution in [1.82, 2.24) is 0 Å². The van der Waals surface area contributed by atoms with Gasteiger partial charge in [-0.25, -0.2) is 0 Å². The molecule has 0 aromatic heterocycles. The summed E-state index contributed by atoms with van der Waals surface area (Å²) in [6, 6.07) is 3.63. The van der Waals surface area contributed by atoms with Crippen LogP contribution in [0.3, 0.4) is 0 Å². The largest absolute Gasteiger partial charge is 0.497 e. The molecule has 2 aliphatic rings. The van der Waals surface area contributed by atoms with Gasteiger partial charge in [0.05, 0.1) is 25.3 Å². The first kappa shape index (κ1) is 22.5. The summed E-state index contributed by atoms with van der Waals surface area (Å²) in [4.78, 5) is 31.1. The second-order valence-corrected chi connectivity index (χ2v) is 9.35. The van der Waals surface area contributed by atoms with E-state index in [0.29, 0.717) is 45.7 Å². The van der Waals surface area contributed by atoms with Crippen molar-refractivity contribution in [2.24, 2.45) is 16.3 Å². The summed E-state index contributed by atoms with van der Waals surface area (Å²) in [7, 11) is 3.15. The van der Waals surface area contributed by atoms with Gasteiger partial charge in [-0.1, -0.05) is 13.8 Å². The van der Waals surface area contributed by atoms with Crippen molar-refractivity contribution < 1.29 is 23.8 Å². The van der Waals surface area contributed by atoms with E-state index in [0.717, 1.165) is 5.70 Å². The molecular weight excluding hydrogens is 450 g/mol. The summed E-state index contributed by atoms with van der Waals surface area (Å²) in [5, 5.41) is 0. The molecule has 0 N–H and O–H groups in total. The smallest absolute Gasteiger partial charge is 0.315 e. The average molecular weight is 478 g/mol. The molecular formula is C23H28BrNO5.